The molecule has 25 heavy (non-hydrogen) atoms. The van der Waals surface area contributed by atoms with E-state index < -0.39 is 0 Å². The van der Waals surface area contributed by atoms with Gasteiger partial charge in [0.15, 0.2) is 5.82 Å². The van der Waals surface area contributed by atoms with E-state index in [0.717, 1.165) is 17.8 Å². The summed E-state index contributed by atoms with van der Waals surface area (Å²) in [6, 6.07) is 8.42. The number of nitrogens with zero attached hydrogens (tertiary/aromatic N) is 2. The lowest BCUT2D eigenvalue weighted by atomic mass is 9.78. The standard InChI is InChI=1S/C19H26N4OS/c1-12-7-9-15(10-8-12)18-21-19(23-22-18)25-11-17(24)20-16-6-4-5-13(2)14(16)3/h7-10,13-14,16H,4-6,11H2,1-3H3,(H,20,24)(H,21,22,23)/t13-,14-,16+/m0/s1. The third-order valence-electron chi connectivity index (χ3n) is 5.18. The highest BCUT2D eigenvalue weighted by Gasteiger charge is 2.28. The zero-order chi connectivity index (χ0) is 17.8. The molecule has 1 aliphatic rings. The number of aromatic amines is 1. The molecule has 3 rings (SSSR count). The topological polar surface area (TPSA) is 70.7 Å². The number of H-pyrrole nitrogens is 1. The van der Waals surface area contributed by atoms with E-state index in [1.54, 1.807) is 0 Å². The molecule has 0 aliphatic heterocycles. The van der Waals surface area contributed by atoms with Crippen LogP contribution in [0.5, 0.6) is 0 Å². The maximum absolute atomic E-state index is 12.3. The third kappa shape index (κ3) is 4.63. The predicted octanol–water partition coefficient (Wildman–Crippen LogP) is 3.81. The van der Waals surface area contributed by atoms with Gasteiger partial charge < -0.3 is 5.32 Å². The Balaban J connectivity index is 1.52. The molecule has 6 heteroatoms. The first-order valence-corrected chi connectivity index (χ1v) is 9.93. The van der Waals surface area contributed by atoms with Gasteiger partial charge in [-0.05, 0) is 25.2 Å². The van der Waals surface area contributed by atoms with Gasteiger partial charge in [0.25, 0.3) is 0 Å². The quantitative estimate of drug-likeness (QED) is 0.797. The summed E-state index contributed by atoms with van der Waals surface area (Å²) in [5.41, 5.74) is 2.21. The number of carbonyl (C=O) groups excluding carboxylic acids is 1. The van der Waals surface area contributed by atoms with Crippen LogP contribution in [0, 0.1) is 18.8 Å². The summed E-state index contributed by atoms with van der Waals surface area (Å²) in [5, 5.41) is 10.9. The molecular weight excluding hydrogens is 332 g/mol. The summed E-state index contributed by atoms with van der Waals surface area (Å²) in [6.45, 7) is 6.57. The molecule has 1 aliphatic carbocycles. The lowest BCUT2D eigenvalue weighted by Gasteiger charge is -2.34. The maximum atomic E-state index is 12.3. The van der Waals surface area contributed by atoms with Crippen molar-refractivity contribution in [1.29, 1.82) is 0 Å². The summed E-state index contributed by atoms with van der Waals surface area (Å²) in [5.74, 6) is 2.37. The van der Waals surface area contributed by atoms with Crippen LogP contribution in [0.15, 0.2) is 29.4 Å². The van der Waals surface area contributed by atoms with Crippen LogP contribution >= 0.6 is 11.8 Å². The average Bonchev–Trinajstić information content (AvgIpc) is 3.07. The number of aryl methyl sites for hydroxylation is 1. The van der Waals surface area contributed by atoms with Gasteiger partial charge in [-0.3, -0.25) is 9.89 Å². The van der Waals surface area contributed by atoms with Crippen molar-refractivity contribution < 1.29 is 4.79 Å². The van der Waals surface area contributed by atoms with Gasteiger partial charge in [0.05, 0.1) is 5.75 Å². The van der Waals surface area contributed by atoms with Crippen LogP contribution in [0.4, 0.5) is 0 Å². The molecule has 1 aromatic heterocycles. The lowest BCUT2D eigenvalue weighted by molar-refractivity contribution is -0.120. The molecule has 0 unspecified atom stereocenters. The van der Waals surface area contributed by atoms with E-state index >= 15 is 0 Å². The Morgan fingerprint density at radius 1 is 1.28 bits per heavy atom. The highest BCUT2D eigenvalue weighted by Crippen LogP contribution is 2.29. The van der Waals surface area contributed by atoms with E-state index in [4.69, 9.17) is 0 Å². The van der Waals surface area contributed by atoms with Gasteiger partial charge in [0.2, 0.25) is 11.1 Å². The molecule has 3 atom stereocenters. The minimum atomic E-state index is 0.0673. The summed E-state index contributed by atoms with van der Waals surface area (Å²) in [4.78, 5) is 16.7. The molecule has 0 spiro atoms. The fourth-order valence-electron chi connectivity index (χ4n) is 3.32. The Kier molecular flexibility index (Phi) is 5.78. The van der Waals surface area contributed by atoms with Crippen molar-refractivity contribution in [3.05, 3.63) is 29.8 Å². The first kappa shape index (κ1) is 18.0. The highest BCUT2D eigenvalue weighted by atomic mass is 32.2. The highest BCUT2D eigenvalue weighted by molar-refractivity contribution is 7.99. The van der Waals surface area contributed by atoms with Gasteiger partial charge in [0, 0.05) is 11.6 Å². The number of amides is 1. The van der Waals surface area contributed by atoms with Crippen LogP contribution in [-0.2, 0) is 4.79 Å². The molecule has 0 bridgehead atoms. The molecule has 0 radical (unpaired) electrons. The molecule has 0 saturated heterocycles. The van der Waals surface area contributed by atoms with Crippen LogP contribution < -0.4 is 5.32 Å². The number of aromatic nitrogens is 3. The van der Waals surface area contributed by atoms with Crippen LogP contribution in [0.25, 0.3) is 11.4 Å². The summed E-state index contributed by atoms with van der Waals surface area (Å²) in [7, 11) is 0. The Labute approximate surface area is 153 Å². The average molecular weight is 359 g/mol. The SMILES string of the molecule is Cc1ccc(-c2nc(SCC(=O)N[C@@H]3CCC[C@H](C)[C@@H]3C)n[nH]2)cc1. The van der Waals surface area contributed by atoms with Gasteiger partial charge in [-0.1, -0.05) is 68.3 Å². The number of benzene rings is 1. The summed E-state index contributed by atoms with van der Waals surface area (Å²) < 4.78 is 0. The fraction of sp³-hybridized carbons (Fsp3) is 0.526. The van der Waals surface area contributed by atoms with E-state index in [2.05, 4.69) is 41.3 Å². The zero-order valence-corrected chi connectivity index (χ0v) is 15.9. The van der Waals surface area contributed by atoms with E-state index in [0.29, 0.717) is 28.8 Å². The van der Waals surface area contributed by atoms with E-state index in [1.807, 2.05) is 24.3 Å². The van der Waals surface area contributed by atoms with Crippen LogP contribution in [0.3, 0.4) is 0 Å². The number of nitrogens with one attached hydrogen (secondary N) is 2. The van der Waals surface area contributed by atoms with Gasteiger partial charge >= 0.3 is 0 Å². The zero-order valence-electron chi connectivity index (χ0n) is 15.1. The van der Waals surface area contributed by atoms with Crippen LogP contribution in [0.2, 0.25) is 0 Å². The predicted molar refractivity (Wildman–Crippen MR) is 101 cm³/mol. The normalized spacial score (nSPS) is 23.4. The molecule has 1 fully saturated rings. The minimum absolute atomic E-state index is 0.0673. The van der Waals surface area contributed by atoms with Gasteiger partial charge in [0.1, 0.15) is 0 Å². The Bertz CT molecular complexity index is 712. The van der Waals surface area contributed by atoms with E-state index in [-0.39, 0.29) is 5.91 Å². The first-order valence-electron chi connectivity index (χ1n) is 8.94. The third-order valence-corrected chi connectivity index (χ3v) is 6.02. The fourth-order valence-corrected chi connectivity index (χ4v) is 3.93. The molecule has 1 saturated carbocycles. The first-order chi connectivity index (χ1) is 12.0. The van der Waals surface area contributed by atoms with Crippen LogP contribution in [0.1, 0.15) is 38.7 Å². The molecule has 5 nitrogen and oxygen atoms in total. The second-order valence-corrected chi connectivity index (χ2v) is 8.01. The van der Waals surface area contributed by atoms with Crippen molar-refractivity contribution in [3.8, 4) is 11.4 Å². The minimum Gasteiger partial charge on any atom is -0.352 e. The van der Waals surface area contributed by atoms with Crippen molar-refractivity contribution in [2.75, 3.05) is 5.75 Å². The molecule has 134 valence electrons. The van der Waals surface area contributed by atoms with E-state index in [9.17, 15) is 4.79 Å². The number of hydrogen-bond acceptors (Lipinski definition) is 4. The van der Waals surface area contributed by atoms with Crippen LogP contribution in [-0.4, -0.2) is 32.9 Å². The molecule has 1 amide bonds. The molecular formula is C19H26N4OS. The maximum Gasteiger partial charge on any atom is 0.230 e. The molecule has 1 aromatic carbocycles. The molecule has 2 aromatic rings. The number of hydrogen-bond donors (Lipinski definition) is 2. The Hall–Kier alpha value is -1.82. The largest absolute Gasteiger partial charge is 0.352 e. The number of thioether (sulfide) groups is 1. The van der Waals surface area contributed by atoms with Gasteiger partial charge in [-0.2, -0.15) is 0 Å². The monoisotopic (exact) mass is 358 g/mol. The van der Waals surface area contributed by atoms with Crippen molar-refractivity contribution in [1.82, 2.24) is 20.5 Å². The lowest BCUT2D eigenvalue weighted by Crippen LogP contribution is -2.44. The van der Waals surface area contributed by atoms with Crippen molar-refractivity contribution in [2.24, 2.45) is 11.8 Å². The van der Waals surface area contributed by atoms with Crippen molar-refractivity contribution in [3.63, 3.8) is 0 Å². The number of carbonyl (C=O) groups is 1. The van der Waals surface area contributed by atoms with Gasteiger partial charge in [-0.15, -0.1) is 5.10 Å². The Morgan fingerprint density at radius 2 is 2.04 bits per heavy atom. The van der Waals surface area contributed by atoms with Crippen molar-refractivity contribution in [2.45, 2.75) is 51.2 Å². The summed E-state index contributed by atoms with van der Waals surface area (Å²) >= 11 is 1.37. The second kappa shape index (κ2) is 8.04. The second-order valence-electron chi connectivity index (χ2n) is 7.06. The van der Waals surface area contributed by atoms with E-state index in [1.165, 1.54) is 30.2 Å². The van der Waals surface area contributed by atoms with Gasteiger partial charge in [-0.25, -0.2) is 4.98 Å². The smallest absolute Gasteiger partial charge is 0.230 e. The number of rotatable bonds is 5. The molecule has 1 heterocycles. The molecule has 2 N–H and O–H groups in total. The Morgan fingerprint density at radius 3 is 2.80 bits per heavy atom. The van der Waals surface area contributed by atoms with Crippen molar-refractivity contribution >= 4 is 17.7 Å². The summed E-state index contributed by atoms with van der Waals surface area (Å²) in [6.07, 6.45) is 3.55.